The Kier molecular flexibility index (Phi) is 4.06. The van der Waals surface area contributed by atoms with Gasteiger partial charge in [0.2, 0.25) is 5.95 Å². The Morgan fingerprint density at radius 1 is 1.56 bits per heavy atom. The zero-order valence-corrected chi connectivity index (χ0v) is 9.94. The molecule has 86 valence electrons. The average Bonchev–Trinajstić information content (AvgIpc) is 2.24. The second-order valence-corrected chi connectivity index (χ2v) is 3.79. The van der Waals surface area contributed by atoms with Crippen LogP contribution in [0, 0.1) is 24.2 Å². The van der Waals surface area contributed by atoms with Crippen molar-refractivity contribution in [1.82, 2.24) is 9.97 Å². The van der Waals surface area contributed by atoms with Crippen molar-refractivity contribution in [2.45, 2.75) is 20.8 Å². The van der Waals surface area contributed by atoms with E-state index >= 15 is 0 Å². The van der Waals surface area contributed by atoms with Crippen LogP contribution in [0.3, 0.4) is 0 Å². The van der Waals surface area contributed by atoms with Gasteiger partial charge in [0, 0.05) is 24.8 Å². The molecule has 16 heavy (non-hydrogen) atoms. The van der Waals surface area contributed by atoms with E-state index in [0.29, 0.717) is 6.54 Å². The van der Waals surface area contributed by atoms with Gasteiger partial charge in [0.05, 0.1) is 12.0 Å². The number of hydrogen-bond donors (Lipinski definition) is 1. The number of aryl methyl sites for hydroxylation is 1. The fraction of sp³-hybridized carbons (Fsp3) is 0.545. The summed E-state index contributed by atoms with van der Waals surface area (Å²) in [7, 11) is 0. The van der Waals surface area contributed by atoms with Crippen molar-refractivity contribution in [2.24, 2.45) is 5.92 Å². The fourth-order valence-electron chi connectivity index (χ4n) is 1.49. The zero-order chi connectivity index (χ0) is 12.1. The van der Waals surface area contributed by atoms with Crippen molar-refractivity contribution in [1.29, 1.82) is 5.26 Å². The SMILES string of the molecule is CCN(CC(C)C#N)c1cc(C)nc(N)n1. The van der Waals surface area contributed by atoms with Crippen LogP contribution in [-0.4, -0.2) is 23.1 Å². The molecule has 5 nitrogen and oxygen atoms in total. The molecular formula is C11H17N5. The summed E-state index contributed by atoms with van der Waals surface area (Å²) in [5.74, 6) is 1.03. The molecule has 2 N–H and O–H groups in total. The van der Waals surface area contributed by atoms with E-state index < -0.39 is 0 Å². The van der Waals surface area contributed by atoms with Crippen molar-refractivity contribution < 1.29 is 0 Å². The first kappa shape index (κ1) is 12.2. The normalized spacial score (nSPS) is 11.9. The maximum absolute atomic E-state index is 8.80. The minimum Gasteiger partial charge on any atom is -0.368 e. The summed E-state index contributed by atoms with van der Waals surface area (Å²) >= 11 is 0. The predicted octanol–water partition coefficient (Wildman–Crippen LogP) is 1.35. The third-order valence-corrected chi connectivity index (χ3v) is 2.28. The number of nitriles is 1. The Labute approximate surface area is 95.9 Å². The molecule has 1 unspecified atom stereocenters. The molecule has 0 bridgehead atoms. The predicted molar refractivity (Wildman–Crippen MR) is 63.8 cm³/mol. The summed E-state index contributed by atoms with van der Waals surface area (Å²) in [4.78, 5) is 10.2. The van der Waals surface area contributed by atoms with Gasteiger partial charge >= 0.3 is 0 Å². The van der Waals surface area contributed by atoms with E-state index in [1.54, 1.807) is 0 Å². The minimum absolute atomic E-state index is 0.0311. The van der Waals surface area contributed by atoms with Crippen molar-refractivity contribution in [2.75, 3.05) is 23.7 Å². The lowest BCUT2D eigenvalue weighted by Gasteiger charge is -2.23. The summed E-state index contributed by atoms with van der Waals surface area (Å²) in [6.07, 6.45) is 0. The van der Waals surface area contributed by atoms with Gasteiger partial charge in [-0.15, -0.1) is 0 Å². The first-order valence-corrected chi connectivity index (χ1v) is 5.32. The molecular weight excluding hydrogens is 202 g/mol. The molecule has 0 amide bonds. The molecule has 1 atom stereocenters. The number of hydrogen-bond acceptors (Lipinski definition) is 5. The molecule has 0 aliphatic carbocycles. The summed E-state index contributed by atoms with van der Waals surface area (Å²) < 4.78 is 0. The molecule has 5 heteroatoms. The molecule has 0 aromatic carbocycles. The van der Waals surface area contributed by atoms with Gasteiger partial charge in [0.15, 0.2) is 0 Å². The third kappa shape index (κ3) is 3.09. The molecule has 0 saturated carbocycles. The highest BCUT2D eigenvalue weighted by molar-refractivity contribution is 5.43. The van der Waals surface area contributed by atoms with E-state index in [4.69, 9.17) is 11.0 Å². The Morgan fingerprint density at radius 3 is 2.75 bits per heavy atom. The highest BCUT2D eigenvalue weighted by Crippen LogP contribution is 2.14. The molecule has 0 aliphatic rings. The standard InChI is InChI=1S/C11H17N5/c1-4-16(7-8(2)6-12)10-5-9(3)14-11(13)15-10/h5,8H,4,7H2,1-3H3,(H2,13,14,15). The summed E-state index contributed by atoms with van der Waals surface area (Å²) in [5, 5.41) is 8.80. The van der Waals surface area contributed by atoms with Crippen LogP contribution in [-0.2, 0) is 0 Å². The number of aromatic nitrogens is 2. The van der Waals surface area contributed by atoms with E-state index in [1.807, 2.05) is 31.7 Å². The van der Waals surface area contributed by atoms with Gasteiger partial charge in [0.1, 0.15) is 5.82 Å². The van der Waals surface area contributed by atoms with Gasteiger partial charge in [-0.2, -0.15) is 10.2 Å². The lowest BCUT2D eigenvalue weighted by Crippen LogP contribution is -2.29. The van der Waals surface area contributed by atoms with Gasteiger partial charge in [0.25, 0.3) is 0 Å². The quantitative estimate of drug-likeness (QED) is 0.827. The van der Waals surface area contributed by atoms with Gasteiger partial charge < -0.3 is 10.6 Å². The second-order valence-electron chi connectivity index (χ2n) is 3.79. The highest BCUT2D eigenvalue weighted by atomic mass is 15.2. The molecule has 1 heterocycles. The first-order valence-electron chi connectivity index (χ1n) is 5.32. The molecule has 0 saturated heterocycles. The molecule has 0 spiro atoms. The van der Waals surface area contributed by atoms with Gasteiger partial charge in [-0.25, -0.2) is 4.98 Å². The Balaban J connectivity index is 2.91. The van der Waals surface area contributed by atoms with E-state index in [-0.39, 0.29) is 11.9 Å². The van der Waals surface area contributed by atoms with Gasteiger partial charge in [-0.1, -0.05) is 0 Å². The van der Waals surface area contributed by atoms with Crippen molar-refractivity contribution in [3.8, 4) is 6.07 Å². The van der Waals surface area contributed by atoms with Crippen LogP contribution in [0.5, 0.6) is 0 Å². The van der Waals surface area contributed by atoms with Crippen LogP contribution in [0.4, 0.5) is 11.8 Å². The number of nitrogen functional groups attached to an aromatic ring is 1. The lowest BCUT2D eigenvalue weighted by molar-refractivity contribution is 0.678. The Hall–Kier alpha value is -1.83. The lowest BCUT2D eigenvalue weighted by atomic mass is 10.2. The Morgan fingerprint density at radius 2 is 2.25 bits per heavy atom. The van der Waals surface area contributed by atoms with Gasteiger partial charge in [-0.3, -0.25) is 0 Å². The van der Waals surface area contributed by atoms with Crippen LogP contribution < -0.4 is 10.6 Å². The first-order chi connectivity index (χ1) is 7.56. The smallest absolute Gasteiger partial charge is 0.222 e. The number of rotatable bonds is 4. The largest absolute Gasteiger partial charge is 0.368 e. The molecule has 1 rings (SSSR count). The van der Waals surface area contributed by atoms with Crippen molar-refractivity contribution in [3.05, 3.63) is 11.8 Å². The number of nitrogens with two attached hydrogens (primary N) is 1. The minimum atomic E-state index is -0.0311. The molecule has 0 aliphatic heterocycles. The molecule has 0 fully saturated rings. The zero-order valence-electron chi connectivity index (χ0n) is 9.94. The van der Waals surface area contributed by atoms with Crippen LogP contribution in [0.25, 0.3) is 0 Å². The van der Waals surface area contributed by atoms with E-state index in [2.05, 4.69) is 16.0 Å². The Bertz CT molecular complexity index is 376. The van der Waals surface area contributed by atoms with E-state index in [0.717, 1.165) is 18.1 Å². The molecule has 1 aromatic heterocycles. The third-order valence-electron chi connectivity index (χ3n) is 2.28. The average molecular weight is 219 g/mol. The summed E-state index contributed by atoms with van der Waals surface area (Å²) in [6.45, 7) is 7.24. The van der Waals surface area contributed by atoms with Crippen LogP contribution in [0.2, 0.25) is 0 Å². The number of anilines is 2. The topological polar surface area (TPSA) is 78.8 Å². The van der Waals surface area contributed by atoms with Crippen molar-refractivity contribution >= 4 is 11.8 Å². The van der Waals surface area contributed by atoms with Crippen LogP contribution in [0.1, 0.15) is 19.5 Å². The summed E-state index contributed by atoms with van der Waals surface area (Å²) in [6, 6.07) is 4.09. The maximum Gasteiger partial charge on any atom is 0.222 e. The highest BCUT2D eigenvalue weighted by Gasteiger charge is 2.11. The molecule has 0 radical (unpaired) electrons. The van der Waals surface area contributed by atoms with Crippen molar-refractivity contribution in [3.63, 3.8) is 0 Å². The monoisotopic (exact) mass is 219 g/mol. The fourth-order valence-corrected chi connectivity index (χ4v) is 1.49. The second kappa shape index (κ2) is 5.31. The molecule has 1 aromatic rings. The van der Waals surface area contributed by atoms with Crippen LogP contribution in [0.15, 0.2) is 6.07 Å². The van der Waals surface area contributed by atoms with E-state index in [9.17, 15) is 0 Å². The van der Waals surface area contributed by atoms with E-state index in [1.165, 1.54) is 0 Å². The van der Waals surface area contributed by atoms with Gasteiger partial charge in [-0.05, 0) is 20.8 Å². The summed E-state index contributed by atoms with van der Waals surface area (Å²) in [5.41, 5.74) is 6.44. The number of nitrogens with zero attached hydrogens (tertiary/aromatic N) is 4. The van der Waals surface area contributed by atoms with Crippen LogP contribution >= 0.6 is 0 Å². The maximum atomic E-state index is 8.80.